The van der Waals surface area contributed by atoms with Crippen molar-refractivity contribution < 1.29 is 9.90 Å². The van der Waals surface area contributed by atoms with Gasteiger partial charge in [0, 0.05) is 5.25 Å². The molecule has 0 amide bonds. The highest BCUT2D eigenvalue weighted by Crippen LogP contribution is 2.41. The summed E-state index contributed by atoms with van der Waals surface area (Å²) in [6.45, 7) is 4.73. The molecule has 2 rings (SSSR count). The van der Waals surface area contributed by atoms with Crippen LogP contribution in [-0.2, 0) is 4.79 Å². The first-order valence-corrected chi connectivity index (χ1v) is 8.20. The van der Waals surface area contributed by atoms with Crippen LogP contribution in [0, 0.1) is 6.92 Å². The highest BCUT2D eigenvalue weighted by Gasteiger charge is 2.45. The third-order valence-corrected chi connectivity index (χ3v) is 5.56. The van der Waals surface area contributed by atoms with Crippen LogP contribution in [0.5, 0.6) is 0 Å². The van der Waals surface area contributed by atoms with Crippen LogP contribution in [0.3, 0.4) is 0 Å². The van der Waals surface area contributed by atoms with Gasteiger partial charge in [-0.2, -0.15) is 0 Å². The number of rotatable bonds is 6. The van der Waals surface area contributed by atoms with Gasteiger partial charge in [-0.1, -0.05) is 30.0 Å². The number of hydrogen-bond acceptors (Lipinski definition) is 6. The molecule has 1 aromatic heterocycles. The zero-order valence-corrected chi connectivity index (χ0v) is 12.8. The van der Waals surface area contributed by atoms with Crippen LogP contribution in [0.2, 0.25) is 0 Å². The minimum atomic E-state index is -0.743. The van der Waals surface area contributed by atoms with E-state index in [2.05, 4.69) is 15.5 Å². The number of nitrogens with one attached hydrogen (secondary N) is 1. The predicted octanol–water partition coefficient (Wildman–Crippen LogP) is 2.31. The molecule has 0 bridgehead atoms. The van der Waals surface area contributed by atoms with Crippen molar-refractivity contribution in [1.82, 2.24) is 15.5 Å². The average Bonchev–Trinajstić information content (AvgIpc) is 2.95. The quantitative estimate of drug-likeness (QED) is 0.840. The van der Waals surface area contributed by atoms with Crippen molar-refractivity contribution in [1.29, 1.82) is 0 Å². The Hall–Kier alpha value is -0.660. The molecule has 0 radical (unpaired) electrons. The zero-order chi connectivity index (χ0) is 13.9. The largest absolute Gasteiger partial charge is 0.480 e. The number of nitrogens with zero attached hydrogens (tertiary/aromatic N) is 2. The van der Waals surface area contributed by atoms with Crippen molar-refractivity contribution >= 4 is 29.1 Å². The molecule has 2 N–H and O–H groups in total. The second-order valence-corrected chi connectivity index (χ2v) is 7.61. The van der Waals surface area contributed by atoms with E-state index in [9.17, 15) is 9.90 Å². The van der Waals surface area contributed by atoms with Crippen LogP contribution < -0.4 is 5.32 Å². The fourth-order valence-corrected chi connectivity index (χ4v) is 4.72. The van der Waals surface area contributed by atoms with Gasteiger partial charge in [0.15, 0.2) is 4.34 Å². The van der Waals surface area contributed by atoms with Crippen LogP contribution in [0.15, 0.2) is 4.34 Å². The molecular formula is C12H19N3O2S2. The Morgan fingerprint density at radius 2 is 2.42 bits per heavy atom. The molecule has 0 aliphatic heterocycles. The monoisotopic (exact) mass is 301 g/mol. The summed E-state index contributed by atoms with van der Waals surface area (Å²) in [4.78, 5) is 11.5. The van der Waals surface area contributed by atoms with Crippen molar-refractivity contribution in [2.75, 3.05) is 6.54 Å². The molecule has 0 saturated heterocycles. The van der Waals surface area contributed by atoms with Crippen molar-refractivity contribution in [2.45, 2.75) is 54.7 Å². The van der Waals surface area contributed by atoms with E-state index in [-0.39, 0.29) is 0 Å². The van der Waals surface area contributed by atoms with E-state index in [0.29, 0.717) is 18.1 Å². The molecule has 1 fully saturated rings. The number of carboxylic acids is 1. The molecule has 5 nitrogen and oxygen atoms in total. The molecule has 7 heteroatoms. The van der Waals surface area contributed by atoms with Crippen molar-refractivity contribution in [3.8, 4) is 0 Å². The first-order valence-electron chi connectivity index (χ1n) is 6.51. The van der Waals surface area contributed by atoms with Crippen molar-refractivity contribution in [2.24, 2.45) is 0 Å². The third-order valence-electron chi connectivity index (χ3n) is 3.37. The Balaban J connectivity index is 1.98. The Labute approximate surface area is 121 Å². The maximum Gasteiger partial charge on any atom is 0.323 e. The lowest BCUT2D eigenvalue weighted by atomic mass is 9.98. The Morgan fingerprint density at radius 1 is 1.63 bits per heavy atom. The number of aromatic nitrogens is 2. The number of carbonyl (C=O) groups is 1. The van der Waals surface area contributed by atoms with Gasteiger partial charge >= 0.3 is 5.97 Å². The third kappa shape index (κ3) is 3.46. The molecule has 106 valence electrons. The van der Waals surface area contributed by atoms with Gasteiger partial charge in [0.1, 0.15) is 10.5 Å². The fourth-order valence-electron chi connectivity index (χ4n) is 2.36. The van der Waals surface area contributed by atoms with Crippen LogP contribution in [-0.4, -0.2) is 38.6 Å². The predicted molar refractivity (Wildman–Crippen MR) is 76.8 cm³/mol. The zero-order valence-electron chi connectivity index (χ0n) is 11.2. The van der Waals surface area contributed by atoms with Crippen LogP contribution >= 0.6 is 23.1 Å². The summed E-state index contributed by atoms with van der Waals surface area (Å²) in [7, 11) is 0. The first kappa shape index (κ1) is 14.7. The second-order valence-electron chi connectivity index (χ2n) is 4.88. The van der Waals surface area contributed by atoms with E-state index in [4.69, 9.17) is 0 Å². The van der Waals surface area contributed by atoms with Gasteiger partial charge in [0.2, 0.25) is 0 Å². The highest BCUT2D eigenvalue weighted by molar-refractivity contribution is 8.01. The van der Waals surface area contributed by atoms with Gasteiger partial charge in [0.25, 0.3) is 0 Å². The maximum atomic E-state index is 11.5. The lowest BCUT2D eigenvalue weighted by molar-refractivity contribution is -0.144. The van der Waals surface area contributed by atoms with Gasteiger partial charge in [-0.15, -0.1) is 10.2 Å². The summed E-state index contributed by atoms with van der Waals surface area (Å²) < 4.78 is 0.944. The molecule has 2 unspecified atom stereocenters. The topological polar surface area (TPSA) is 75.1 Å². The minimum absolute atomic E-state index is 0.313. The SMILES string of the molecule is CCCNC1(C(=O)O)CCC(Sc2nnc(C)s2)C1. The number of thioether (sulfide) groups is 1. The van der Waals surface area contributed by atoms with E-state index < -0.39 is 11.5 Å². The lowest BCUT2D eigenvalue weighted by Crippen LogP contribution is -2.50. The summed E-state index contributed by atoms with van der Waals surface area (Å²) in [6, 6.07) is 0. The number of hydrogen-bond donors (Lipinski definition) is 2. The summed E-state index contributed by atoms with van der Waals surface area (Å²) in [5.41, 5.74) is -0.743. The molecule has 2 atom stereocenters. The van der Waals surface area contributed by atoms with Gasteiger partial charge in [0.05, 0.1) is 0 Å². The normalized spacial score (nSPS) is 26.7. The van der Waals surface area contributed by atoms with E-state index in [1.54, 1.807) is 23.1 Å². The van der Waals surface area contributed by atoms with Gasteiger partial charge in [-0.3, -0.25) is 4.79 Å². The highest BCUT2D eigenvalue weighted by atomic mass is 32.2. The summed E-state index contributed by atoms with van der Waals surface area (Å²) >= 11 is 3.24. The summed E-state index contributed by atoms with van der Waals surface area (Å²) in [5, 5.41) is 22.1. The molecule has 1 aliphatic carbocycles. The van der Waals surface area contributed by atoms with E-state index >= 15 is 0 Å². The number of carboxylic acid groups (broad SMARTS) is 1. The van der Waals surface area contributed by atoms with E-state index in [1.165, 1.54) is 0 Å². The first-order chi connectivity index (χ1) is 9.05. The number of aliphatic carboxylic acids is 1. The minimum Gasteiger partial charge on any atom is -0.480 e. The molecule has 1 heterocycles. The van der Waals surface area contributed by atoms with Crippen molar-refractivity contribution in [3.63, 3.8) is 0 Å². The Bertz CT molecular complexity index is 452. The molecular weight excluding hydrogens is 282 g/mol. The smallest absolute Gasteiger partial charge is 0.323 e. The summed E-state index contributed by atoms with van der Waals surface area (Å²) in [5.74, 6) is -0.725. The average molecular weight is 301 g/mol. The standard InChI is InChI=1S/C12H19N3O2S2/c1-3-6-13-12(10(16)17)5-4-9(7-12)19-11-15-14-8(2)18-11/h9,13H,3-7H2,1-2H3,(H,16,17). The maximum absolute atomic E-state index is 11.5. The molecule has 19 heavy (non-hydrogen) atoms. The lowest BCUT2D eigenvalue weighted by Gasteiger charge is -2.25. The molecule has 0 aromatic carbocycles. The molecule has 1 aliphatic rings. The van der Waals surface area contributed by atoms with Gasteiger partial charge in [-0.25, -0.2) is 0 Å². The van der Waals surface area contributed by atoms with Crippen LogP contribution in [0.25, 0.3) is 0 Å². The van der Waals surface area contributed by atoms with Gasteiger partial charge < -0.3 is 10.4 Å². The van der Waals surface area contributed by atoms with Gasteiger partial charge in [-0.05, 0) is 39.2 Å². The second kappa shape index (κ2) is 6.19. The van der Waals surface area contributed by atoms with Crippen molar-refractivity contribution in [3.05, 3.63) is 5.01 Å². The Morgan fingerprint density at radius 3 is 3.00 bits per heavy atom. The summed E-state index contributed by atoms with van der Waals surface area (Å²) in [6.07, 6.45) is 3.21. The van der Waals surface area contributed by atoms with Crippen LogP contribution in [0.1, 0.15) is 37.6 Å². The Kier molecular flexibility index (Phi) is 4.81. The molecule has 1 aromatic rings. The fraction of sp³-hybridized carbons (Fsp3) is 0.750. The van der Waals surface area contributed by atoms with Crippen LogP contribution in [0.4, 0.5) is 0 Å². The van der Waals surface area contributed by atoms with E-state index in [1.807, 2.05) is 13.8 Å². The molecule has 1 saturated carbocycles. The molecule has 0 spiro atoms. The van der Waals surface area contributed by atoms with E-state index in [0.717, 1.165) is 28.7 Å². The number of aryl methyl sites for hydroxylation is 1.